The Kier molecular flexibility index (Phi) is 5.06. The number of hydrogen-bond acceptors (Lipinski definition) is 2. The molecule has 1 aliphatic rings. The summed E-state index contributed by atoms with van der Waals surface area (Å²) in [6.45, 7) is 0. The molecule has 1 aliphatic carbocycles. The van der Waals surface area contributed by atoms with Crippen LogP contribution >= 0.6 is 11.6 Å². The van der Waals surface area contributed by atoms with Crippen molar-refractivity contribution in [1.29, 1.82) is 0 Å². The van der Waals surface area contributed by atoms with Crippen LogP contribution < -0.4 is 0 Å². The zero-order valence-corrected chi connectivity index (χ0v) is 11.6. The Morgan fingerprint density at radius 3 is 2.56 bits per heavy atom. The van der Waals surface area contributed by atoms with Crippen LogP contribution in [-0.2, 0) is 4.84 Å². The van der Waals surface area contributed by atoms with Crippen molar-refractivity contribution < 1.29 is 4.84 Å². The van der Waals surface area contributed by atoms with Crippen LogP contribution in [0.1, 0.15) is 44.1 Å². The molecule has 0 aliphatic heterocycles. The minimum Gasteiger partial charge on any atom is -0.399 e. The Bertz CT molecular complexity index is 393. The predicted octanol–water partition coefficient (Wildman–Crippen LogP) is 4.66. The lowest BCUT2D eigenvalue weighted by atomic mass is 9.97. The molecule has 0 spiro atoms. The molecule has 0 atom stereocenters. The molecule has 2 rings (SSSR count). The van der Waals surface area contributed by atoms with Gasteiger partial charge in [-0.3, -0.25) is 0 Å². The smallest absolute Gasteiger partial charge is 0.106 e. The molecule has 1 fully saturated rings. The largest absolute Gasteiger partial charge is 0.399 e. The van der Waals surface area contributed by atoms with Crippen LogP contribution in [0.2, 0.25) is 5.02 Å². The van der Waals surface area contributed by atoms with Gasteiger partial charge in [0.2, 0.25) is 0 Å². The van der Waals surface area contributed by atoms with Gasteiger partial charge in [0.1, 0.15) is 7.11 Å². The summed E-state index contributed by atoms with van der Waals surface area (Å²) in [5.41, 5.74) is 2.14. The van der Waals surface area contributed by atoms with Crippen molar-refractivity contribution in [1.82, 2.24) is 0 Å². The maximum atomic E-state index is 5.90. The van der Waals surface area contributed by atoms with Crippen molar-refractivity contribution >= 4 is 17.3 Å². The average molecular weight is 266 g/mol. The molecule has 98 valence electrons. The number of nitrogens with zero attached hydrogens (tertiary/aromatic N) is 1. The summed E-state index contributed by atoms with van der Waals surface area (Å²) in [6.07, 6.45) is 7.73. The fourth-order valence-corrected chi connectivity index (χ4v) is 2.76. The predicted molar refractivity (Wildman–Crippen MR) is 76.2 cm³/mol. The molecular formula is C15H20ClNO. The quantitative estimate of drug-likeness (QED) is 0.560. The number of rotatable bonds is 5. The molecule has 0 unspecified atom stereocenters. The zero-order valence-electron chi connectivity index (χ0n) is 10.9. The summed E-state index contributed by atoms with van der Waals surface area (Å²) in [4.78, 5) is 4.96. The molecule has 0 N–H and O–H groups in total. The molecular weight excluding hydrogens is 246 g/mol. The second kappa shape index (κ2) is 6.79. The van der Waals surface area contributed by atoms with Gasteiger partial charge < -0.3 is 4.84 Å². The maximum absolute atomic E-state index is 5.90. The molecule has 1 aromatic rings. The van der Waals surface area contributed by atoms with E-state index in [1.807, 2.05) is 24.3 Å². The maximum Gasteiger partial charge on any atom is 0.106 e. The van der Waals surface area contributed by atoms with E-state index in [1.54, 1.807) is 7.11 Å². The third-order valence-corrected chi connectivity index (χ3v) is 3.90. The van der Waals surface area contributed by atoms with Crippen molar-refractivity contribution in [2.45, 2.75) is 38.5 Å². The van der Waals surface area contributed by atoms with E-state index in [-0.39, 0.29) is 0 Å². The molecule has 0 bridgehead atoms. The van der Waals surface area contributed by atoms with Crippen molar-refractivity contribution in [2.24, 2.45) is 11.1 Å². The molecule has 0 radical (unpaired) electrons. The van der Waals surface area contributed by atoms with Gasteiger partial charge in [-0.2, -0.15) is 0 Å². The molecule has 1 saturated carbocycles. The second-order valence-electron chi connectivity index (χ2n) is 4.92. The van der Waals surface area contributed by atoms with Gasteiger partial charge in [0, 0.05) is 5.02 Å². The van der Waals surface area contributed by atoms with Crippen LogP contribution in [0.4, 0.5) is 0 Å². The molecule has 0 aromatic heterocycles. The van der Waals surface area contributed by atoms with E-state index in [1.165, 1.54) is 32.1 Å². The van der Waals surface area contributed by atoms with Crippen molar-refractivity contribution in [3.05, 3.63) is 34.9 Å². The lowest BCUT2D eigenvalue weighted by molar-refractivity contribution is 0.212. The van der Waals surface area contributed by atoms with Crippen molar-refractivity contribution in [2.75, 3.05) is 7.11 Å². The fourth-order valence-electron chi connectivity index (χ4n) is 2.64. The minimum atomic E-state index is 0.756. The van der Waals surface area contributed by atoms with Crippen LogP contribution in [0.3, 0.4) is 0 Å². The summed E-state index contributed by atoms with van der Waals surface area (Å²) < 4.78 is 0. The highest BCUT2D eigenvalue weighted by molar-refractivity contribution is 6.30. The summed E-state index contributed by atoms with van der Waals surface area (Å²) in [7, 11) is 1.60. The van der Waals surface area contributed by atoms with Gasteiger partial charge in [0.25, 0.3) is 0 Å². The van der Waals surface area contributed by atoms with Gasteiger partial charge in [-0.25, -0.2) is 0 Å². The lowest BCUT2D eigenvalue weighted by Crippen LogP contribution is -2.05. The second-order valence-corrected chi connectivity index (χ2v) is 5.35. The summed E-state index contributed by atoms with van der Waals surface area (Å²) in [5.74, 6) is 0.874. The van der Waals surface area contributed by atoms with E-state index in [0.29, 0.717) is 0 Å². The van der Waals surface area contributed by atoms with Gasteiger partial charge >= 0.3 is 0 Å². The Balaban J connectivity index is 1.99. The van der Waals surface area contributed by atoms with Crippen molar-refractivity contribution in [3.63, 3.8) is 0 Å². The first kappa shape index (κ1) is 13.4. The molecule has 0 amide bonds. The Morgan fingerprint density at radius 2 is 1.94 bits per heavy atom. The number of hydrogen-bond donors (Lipinski definition) is 0. The fraction of sp³-hybridized carbons (Fsp3) is 0.533. The molecule has 0 saturated heterocycles. The van der Waals surface area contributed by atoms with E-state index in [2.05, 4.69) is 5.16 Å². The Hall–Kier alpha value is -1.02. The van der Waals surface area contributed by atoms with E-state index < -0.39 is 0 Å². The topological polar surface area (TPSA) is 21.6 Å². The highest BCUT2D eigenvalue weighted by Crippen LogP contribution is 2.29. The molecule has 0 heterocycles. The highest BCUT2D eigenvalue weighted by atomic mass is 35.5. The molecule has 2 nitrogen and oxygen atoms in total. The number of halogens is 1. The van der Waals surface area contributed by atoms with Crippen molar-refractivity contribution in [3.8, 4) is 0 Å². The van der Waals surface area contributed by atoms with Crippen LogP contribution in [0.15, 0.2) is 29.4 Å². The standard InChI is InChI=1S/C15H20ClNO/c1-18-17-15(11-6-12-4-2-3-5-12)13-7-9-14(16)10-8-13/h7-10,12H,2-6,11H2,1H3/b17-15+. The first-order valence-corrected chi connectivity index (χ1v) is 7.03. The Morgan fingerprint density at radius 1 is 1.28 bits per heavy atom. The lowest BCUT2D eigenvalue weighted by Gasteiger charge is -2.10. The first-order valence-electron chi connectivity index (χ1n) is 6.65. The first-order chi connectivity index (χ1) is 8.79. The van der Waals surface area contributed by atoms with E-state index in [4.69, 9.17) is 16.4 Å². The number of benzene rings is 1. The third kappa shape index (κ3) is 3.74. The van der Waals surface area contributed by atoms with Gasteiger partial charge in [-0.1, -0.05) is 54.6 Å². The molecule has 18 heavy (non-hydrogen) atoms. The molecule has 3 heteroatoms. The highest BCUT2D eigenvalue weighted by Gasteiger charge is 2.16. The summed E-state index contributed by atoms with van der Waals surface area (Å²) >= 11 is 5.90. The van der Waals surface area contributed by atoms with Crippen LogP contribution in [0.25, 0.3) is 0 Å². The zero-order chi connectivity index (χ0) is 12.8. The van der Waals surface area contributed by atoms with E-state index >= 15 is 0 Å². The molecule has 1 aromatic carbocycles. The van der Waals surface area contributed by atoms with E-state index in [9.17, 15) is 0 Å². The van der Waals surface area contributed by atoms with Gasteiger partial charge in [-0.05, 0) is 36.5 Å². The minimum absolute atomic E-state index is 0.756. The average Bonchev–Trinajstić information content (AvgIpc) is 2.89. The summed E-state index contributed by atoms with van der Waals surface area (Å²) in [6, 6.07) is 7.82. The third-order valence-electron chi connectivity index (χ3n) is 3.64. The SMILES string of the molecule is CO/N=C(\CCC1CCCC1)c1ccc(Cl)cc1. The van der Waals surface area contributed by atoms with Crippen LogP contribution in [0, 0.1) is 5.92 Å². The van der Waals surface area contributed by atoms with Crippen LogP contribution in [-0.4, -0.2) is 12.8 Å². The van der Waals surface area contributed by atoms with Crippen LogP contribution in [0.5, 0.6) is 0 Å². The summed E-state index contributed by atoms with van der Waals surface area (Å²) in [5, 5.41) is 4.91. The normalized spacial score (nSPS) is 17.1. The monoisotopic (exact) mass is 265 g/mol. The van der Waals surface area contributed by atoms with Gasteiger partial charge in [0.05, 0.1) is 5.71 Å². The Labute approximate surface area is 114 Å². The number of oxime groups is 1. The van der Waals surface area contributed by atoms with E-state index in [0.717, 1.165) is 28.6 Å². The van der Waals surface area contributed by atoms with Gasteiger partial charge in [0.15, 0.2) is 0 Å². The van der Waals surface area contributed by atoms with Gasteiger partial charge in [-0.15, -0.1) is 0 Å².